The van der Waals surface area contributed by atoms with Crippen molar-refractivity contribution in [3.05, 3.63) is 40.2 Å². The SMILES string of the molecule is CSc1nnc(CCc2ccc(Br)cc2)o1. The van der Waals surface area contributed by atoms with Gasteiger partial charge in [0.2, 0.25) is 5.89 Å². The second kappa shape index (κ2) is 5.50. The third kappa shape index (κ3) is 3.09. The van der Waals surface area contributed by atoms with Crippen molar-refractivity contribution in [2.24, 2.45) is 0 Å². The molecule has 0 amide bonds. The number of aryl methyl sites for hydroxylation is 2. The number of thioether (sulfide) groups is 1. The molecule has 0 aliphatic carbocycles. The number of hydrogen-bond acceptors (Lipinski definition) is 4. The van der Waals surface area contributed by atoms with Crippen LogP contribution >= 0.6 is 27.7 Å². The lowest BCUT2D eigenvalue weighted by Crippen LogP contribution is -1.91. The smallest absolute Gasteiger partial charge is 0.276 e. The van der Waals surface area contributed by atoms with E-state index >= 15 is 0 Å². The average Bonchev–Trinajstić information content (AvgIpc) is 2.76. The van der Waals surface area contributed by atoms with Crippen molar-refractivity contribution in [3.63, 3.8) is 0 Å². The van der Waals surface area contributed by atoms with Crippen molar-refractivity contribution >= 4 is 27.7 Å². The van der Waals surface area contributed by atoms with Gasteiger partial charge in [0, 0.05) is 10.9 Å². The number of nitrogens with zero attached hydrogens (tertiary/aromatic N) is 2. The Bertz CT molecular complexity index is 455. The highest BCUT2D eigenvalue weighted by atomic mass is 79.9. The van der Waals surface area contributed by atoms with Crippen LogP contribution in [0, 0.1) is 0 Å². The maximum atomic E-state index is 5.41. The van der Waals surface area contributed by atoms with Crippen LogP contribution in [0.1, 0.15) is 11.5 Å². The molecule has 2 aromatic rings. The van der Waals surface area contributed by atoms with Crippen LogP contribution in [-0.2, 0) is 12.8 Å². The molecule has 0 N–H and O–H groups in total. The van der Waals surface area contributed by atoms with Crippen molar-refractivity contribution in [2.45, 2.75) is 18.1 Å². The van der Waals surface area contributed by atoms with Gasteiger partial charge in [0.05, 0.1) is 0 Å². The first-order chi connectivity index (χ1) is 7.78. The Labute approximate surface area is 107 Å². The highest BCUT2D eigenvalue weighted by Gasteiger charge is 2.04. The Balaban J connectivity index is 1.94. The summed E-state index contributed by atoms with van der Waals surface area (Å²) in [4.78, 5) is 0. The summed E-state index contributed by atoms with van der Waals surface area (Å²) in [5.41, 5.74) is 1.27. The Hall–Kier alpha value is -0.810. The molecule has 0 aliphatic rings. The number of halogens is 1. The third-order valence-corrected chi connectivity index (χ3v) is 3.21. The van der Waals surface area contributed by atoms with Crippen LogP contribution in [0.25, 0.3) is 0 Å². The number of hydrogen-bond donors (Lipinski definition) is 0. The average molecular weight is 299 g/mol. The summed E-state index contributed by atoms with van der Waals surface area (Å²) in [6.07, 6.45) is 3.63. The van der Waals surface area contributed by atoms with E-state index < -0.39 is 0 Å². The zero-order valence-corrected chi connectivity index (χ0v) is 11.2. The van der Waals surface area contributed by atoms with Crippen molar-refractivity contribution < 1.29 is 4.42 Å². The van der Waals surface area contributed by atoms with Gasteiger partial charge in [-0.15, -0.1) is 10.2 Å². The second-order valence-electron chi connectivity index (χ2n) is 3.29. The van der Waals surface area contributed by atoms with Crippen LogP contribution in [-0.4, -0.2) is 16.5 Å². The van der Waals surface area contributed by atoms with Crippen LogP contribution in [0.15, 0.2) is 38.4 Å². The molecule has 0 bridgehead atoms. The van der Waals surface area contributed by atoms with Gasteiger partial charge >= 0.3 is 0 Å². The van der Waals surface area contributed by atoms with Gasteiger partial charge in [0.1, 0.15) is 0 Å². The van der Waals surface area contributed by atoms with E-state index in [9.17, 15) is 0 Å². The summed E-state index contributed by atoms with van der Waals surface area (Å²) in [6, 6.07) is 8.26. The van der Waals surface area contributed by atoms with Gasteiger partial charge in [-0.3, -0.25) is 0 Å². The first-order valence-electron chi connectivity index (χ1n) is 4.89. The summed E-state index contributed by atoms with van der Waals surface area (Å²) < 4.78 is 6.51. The molecule has 0 spiro atoms. The molecule has 0 radical (unpaired) electrons. The molecule has 3 nitrogen and oxygen atoms in total. The first kappa shape index (κ1) is 11.7. The first-order valence-corrected chi connectivity index (χ1v) is 6.90. The lowest BCUT2D eigenvalue weighted by molar-refractivity contribution is 0.413. The highest BCUT2D eigenvalue weighted by Crippen LogP contribution is 2.15. The molecule has 1 aromatic carbocycles. The zero-order chi connectivity index (χ0) is 11.4. The summed E-state index contributed by atoms with van der Waals surface area (Å²) in [7, 11) is 0. The van der Waals surface area contributed by atoms with E-state index in [2.05, 4.69) is 38.3 Å². The number of benzene rings is 1. The van der Waals surface area contributed by atoms with E-state index in [-0.39, 0.29) is 0 Å². The minimum Gasteiger partial charge on any atom is -0.416 e. The maximum absolute atomic E-state index is 5.41. The van der Waals surface area contributed by atoms with Crippen LogP contribution in [0.5, 0.6) is 0 Å². The summed E-state index contributed by atoms with van der Waals surface area (Å²) >= 11 is 4.88. The van der Waals surface area contributed by atoms with E-state index in [0.717, 1.165) is 17.3 Å². The molecule has 0 unspecified atom stereocenters. The molecule has 0 fully saturated rings. The van der Waals surface area contributed by atoms with E-state index in [1.807, 2.05) is 18.4 Å². The summed E-state index contributed by atoms with van der Waals surface area (Å²) in [6.45, 7) is 0. The molecule has 0 atom stereocenters. The third-order valence-electron chi connectivity index (χ3n) is 2.16. The van der Waals surface area contributed by atoms with Crippen LogP contribution in [0.2, 0.25) is 0 Å². The van der Waals surface area contributed by atoms with Gasteiger partial charge in [0.25, 0.3) is 5.22 Å². The largest absolute Gasteiger partial charge is 0.416 e. The van der Waals surface area contributed by atoms with E-state index in [4.69, 9.17) is 4.42 Å². The molecule has 5 heteroatoms. The fourth-order valence-corrected chi connectivity index (χ4v) is 1.89. The lowest BCUT2D eigenvalue weighted by atomic mass is 10.1. The lowest BCUT2D eigenvalue weighted by Gasteiger charge is -1.98. The van der Waals surface area contributed by atoms with E-state index in [0.29, 0.717) is 11.1 Å². The Morgan fingerprint density at radius 3 is 2.56 bits per heavy atom. The molecule has 1 heterocycles. The standard InChI is InChI=1S/C11H11BrN2OS/c1-16-11-14-13-10(15-11)7-4-8-2-5-9(12)6-3-8/h2-3,5-6H,4,7H2,1H3. The van der Waals surface area contributed by atoms with Gasteiger partial charge in [-0.2, -0.15) is 0 Å². The molecule has 0 saturated carbocycles. The molecule has 1 aromatic heterocycles. The minimum absolute atomic E-state index is 0.630. The summed E-state index contributed by atoms with van der Waals surface area (Å²) in [5.74, 6) is 0.701. The van der Waals surface area contributed by atoms with E-state index in [1.54, 1.807) is 0 Å². The van der Waals surface area contributed by atoms with Crippen molar-refractivity contribution in [3.8, 4) is 0 Å². The molecular formula is C11H11BrN2OS. The van der Waals surface area contributed by atoms with Crippen molar-refractivity contribution in [1.29, 1.82) is 0 Å². The molecule has 84 valence electrons. The second-order valence-corrected chi connectivity index (χ2v) is 4.97. The zero-order valence-electron chi connectivity index (χ0n) is 8.81. The Kier molecular flexibility index (Phi) is 4.01. The monoisotopic (exact) mass is 298 g/mol. The van der Waals surface area contributed by atoms with Crippen molar-refractivity contribution in [2.75, 3.05) is 6.26 Å². The predicted octanol–water partition coefficient (Wildman–Crippen LogP) is 3.34. The van der Waals surface area contributed by atoms with Crippen LogP contribution in [0.3, 0.4) is 0 Å². The molecule has 0 saturated heterocycles. The fraction of sp³-hybridized carbons (Fsp3) is 0.273. The van der Waals surface area contributed by atoms with Gasteiger partial charge in [-0.1, -0.05) is 39.8 Å². The van der Waals surface area contributed by atoms with Gasteiger partial charge < -0.3 is 4.42 Å². The van der Waals surface area contributed by atoms with Crippen LogP contribution < -0.4 is 0 Å². The summed E-state index contributed by atoms with van der Waals surface area (Å²) in [5, 5.41) is 8.50. The predicted molar refractivity (Wildman–Crippen MR) is 67.6 cm³/mol. The van der Waals surface area contributed by atoms with Crippen molar-refractivity contribution in [1.82, 2.24) is 10.2 Å². The molecular weight excluding hydrogens is 288 g/mol. The molecule has 0 aliphatic heterocycles. The number of aromatic nitrogens is 2. The van der Waals surface area contributed by atoms with Gasteiger partial charge in [-0.25, -0.2) is 0 Å². The highest BCUT2D eigenvalue weighted by molar-refractivity contribution is 9.10. The quantitative estimate of drug-likeness (QED) is 0.812. The molecule has 2 rings (SSSR count). The fourth-order valence-electron chi connectivity index (χ4n) is 1.32. The Morgan fingerprint density at radius 2 is 1.94 bits per heavy atom. The van der Waals surface area contributed by atoms with Crippen LogP contribution in [0.4, 0.5) is 0 Å². The van der Waals surface area contributed by atoms with Gasteiger partial charge in [-0.05, 0) is 30.4 Å². The topological polar surface area (TPSA) is 38.9 Å². The minimum atomic E-state index is 0.630. The van der Waals surface area contributed by atoms with E-state index in [1.165, 1.54) is 17.3 Å². The maximum Gasteiger partial charge on any atom is 0.276 e. The number of rotatable bonds is 4. The Morgan fingerprint density at radius 1 is 1.19 bits per heavy atom. The molecule has 16 heavy (non-hydrogen) atoms. The van der Waals surface area contributed by atoms with Gasteiger partial charge in [0.15, 0.2) is 0 Å². The normalized spacial score (nSPS) is 10.6.